The Labute approximate surface area is 103 Å². The van der Waals surface area contributed by atoms with Crippen molar-refractivity contribution < 1.29 is 9.53 Å². The minimum atomic E-state index is -0.503. The van der Waals surface area contributed by atoms with E-state index in [0.29, 0.717) is 12.4 Å². The number of H-pyrrole nitrogens is 1. The first-order chi connectivity index (χ1) is 8.83. The molecule has 1 aromatic carbocycles. The molecule has 3 rings (SSSR count). The number of aromatic amines is 1. The Kier molecular flexibility index (Phi) is 2.70. The largest absolute Gasteiger partial charge is 0.348 e. The second-order valence-corrected chi connectivity index (χ2v) is 3.94. The number of amides is 2. The molecule has 1 unspecified atom stereocenters. The fourth-order valence-corrected chi connectivity index (χ4v) is 1.82. The van der Waals surface area contributed by atoms with Crippen LogP contribution in [0.15, 0.2) is 36.7 Å². The van der Waals surface area contributed by atoms with Gasteiger partial charge in [0.05, 0.1) is 12.9 Å². The van der Waals surface area contributed by atoms with Gasteiger partial charge >= 0.3 is 6.03 Å². The van der Waals surface area contributed by atoms with Gasteiger partial charge in [-0.2, -0.15) is 0 Å². The van der Waals surface area contributed by atoms with E-state index in [1.54, 1.807) is 0 Å². The van der Waals surface area contributed by atoms with Crippen molar-refractivity contribution >= 4 is 11.8 Å². The van der Waals surface area contributed by atoms with Crippen molar-refractivity contribution in [1.29, 1.82) is 0 Å². The van der Waals surface area contributed by atoms with Crippen LogP contribution in [0, 0.1) is 0 Å². The summed E-state index contributed by atoms with van der Waals surface area (Å²) in [5.41, 5.74) is 1.77. The smallest absolute Gasteiger partial charge is 0.322 e. The van der Waals surface area contributed by atoms with E-state index in [1.807, 2.05) is 30.3 Å². The summed E-state index contributed by atoms with van der Waals surface area (Å²) in [5, 5.41) is 5.28. The lowest BCUT2D eigenvalue weighted by molar-refractivity contribution is 0.0213. The maximum Gasteiger partial charge on any atom is 0.322 e. The van der Waals surface area contributed by atoms with E-state index in [0.717, 1.165) is 11.3 Å². The van der Waals surface area contributed by atoms with Crippen molar-refractivity contribution in [3.63, 3.8) is 0 Å². The highest BCUT2D eigenvalue weighted by Crippen LogP contribution is 2.24. The molecule has 0 fully saturated rings. The maximum atomic E-state index is 11.4. The van der Waals surface area contributed by atoms with Gasteiger partial charge in [-0.15, -0.1) is 0 Å². The molecule has 3 N–H and O–H groups in total. The van der Waals surface area contributed by atoms with Crippen molar-refractivity contribution in [2.45, 2.75) is 12.8 Å². The third-order valence-electron chi connectivity index (χ3n) is 2.68. The Bertz CT molecular complexity index is 552. The zero-order valence-electron chi connectivity index (χ0n) is 9.51. The van der Waals surface area contributed by atoms with Gasteiger partial charge in [-0.3, -0.25) is 5.32 Å². The van der Waals surface area contributed by atoms with Gasteiger partial charge in [0.1, 0.15) is 5.69 Å². The lowest BCUT2D eigenvalue weighted by Crippen LogP contribution is -2.39. The topological polar surface area (TPSA) is 79.0 Å². The number of carbonyl (C=O) groups is 1. The van der Waals surface area contributed by atoms with Crippen molar-refractivity contribution in [2.24, 2.45) is 0 Å². The second-order valence-electron chi connectivity index (χ2n) is 3.94. The first-order valence-corrected chi connectivity index (χ1v) is 5.59. The fourth-order valence-electron chi connectivity index (χ4n) is 1.82. The van der Waals surface area contributed by atoms with Gasteiger partial charge in [0, 0.05) is 0 Å². The molecule has 0 aliphatic carbocycles. The number of urea groups is 1. The monoisotopic (exact) mass is 244 g/mol. The fraction of sp³-hybridized carbons (Fsp3) is 0.167. The summed E-state index contributed by atoms with van der Waals surface area (Å²) < 4.78 is 5.68. The molecule has 1 aliphatic rings. The molecule has 0 saturated carbocycles. The summed E-state index contributed by atoms with van der Waals surface area (Å²) in [6.45, 7) is 0.421. The summed E-state index contributed by atoms with van der Waals surface area (Å²) >= 11 is 0. The van der Waals surface area contributed by atoms with Crippen LogP contribution < -0.4 is 10.6 Å². The Morgan fingerprint density at radius 3 is 2.94 bits per heavy atom. The minimum absolute atomic E-state index is 0.312. The number of rotatable bonds is 3. The lowest BCUT2D eigenvalue weighted by atomic mass is 10.2. The second kappa shape index (κ2) is 4.50. The third-order valence-corrected chi connectivity index (χ3v) is 2.68. The van der Waals surface area contributed by atoms with Gasteiger partial charge in [-0.25, -0.2) is 9.78 Å². The zero-order chi connectivity index (χ0) is 12.4. The van der Waals surface area contributed by atoms with E-state index in [-0.39, 0.29) is 6.03 Å². The third kappa shape index (κ3) is 2.05. The number of nitrogens with one attached hydrogen (secondary N) is 3. The molecule has 6 heteroatoms. The van der Waals surface area contributed by atoms with Gasteiger partial charge in [-0.1, -0.05) is 30.3 Å². The first-order valence-electron chi connectivity index (χ1n) is 5.59. The molecule has 0 saturated heterocycles. The SMILES string of the molecule is O=C1Nc2nc[nH]c2C(OCc2ccccc2)N1. The number of imidazole rings is 1. The minimum Gasteiger partial charge on any atom is -0.348 e. The van der Waals surface area contributed by atoms with Crippen molar-refractivity contribution in [3.05, 3.63) is 47.9 Å². The molecule has 92 valence electrons. The van der Waals surface area contributed by atoms with Crippen LogP contribution in [0.2, 0.25) is 0 Å². The van der Waals surface area contributed by atoms with Crippen LogP contribution in [-0.4, -0.2) is 16.0 Å². The predicted octanol–water partition coefficient (Wildman–Crippen LogP) is 1.76. The number of hydrogen-bond donors (Lipinski definition) is 3. The summed E-state index contributed by atoms with van der Waals surface area (Å²) in [6.07, 6.45) is 1.02. The van der Waals surface area contributed by atoms with Crippen molar-refractivity contribution in [2.75, 3.05) is 5.32 Å². The number of benzene rings is 1. The van der Waals surface area contributed by atoms with Gasteiger partial charge < -0.3 is 15.0 Å². The highest BCUT2D eigenvalue weighted by Gasteiger charge is 2.26. The van der Waals surface area contributed by atoms with Crippen LogP contribution in [0.1, 0.15) is 17.5 Å². The van der Waals surface area contributed by atoms with E-state index >= 15 is 0 Å². The van der Waals surface area contributed by atoms with Crippen LogP contribution in [-0.2, 0) is 11.3 Å². The Balaban J connectivity index is 1.72. The summed E-state index contributed by atoms with van der Waals surface area (Å²) in [7, 11) is 0. The molecular weight excluding hydrogens is 232 g/mol. The molecule has 18 heavy (non-hydrogen) atoms. The number of ether oxygens (including phenoxy) is 1. The van der Waals surface area contributed by atoms with Crippen LogP contribution in [0.4, 0.5) is 10.6 Å². The molecule has 0 bridgehead atoms. The van der Waals surface area contributed by atoms with Crippen molar-refractivity contribution in [1.82, 2.24) is 15.3 Å². The number of fused-ring (bicyclic) bond motifs is 1. The molecule has 2 amide bonds. The number of aromatic nitrogens is 2. The molecule has 1 aliphatic heterocycles. The highest BCUT2D eigenvalue weighted by atomic mass is 16.5. The van der Waals surface area contributed by atoms with Gasteiger partial charge in [0.2, 0.25) is 0 Å². The number of anilines is 1. The average molecular weight is 244 g/mol. The van der Waals surface area contributed by atoms with E-state index < -0.39 is 6.23 Å². The van der Waals surface area contributed by atoms with Gasteiger partial charge in [-0.05, 0) is 5.56 Å². The van der Waals surface area contributed by atoms with Crippen LogP contribution >= 0.6 is 0 Å². The Morgan fingerprint density at radius 1 is 1.28 bits per heavy atom. The maximum absolute atomic E-state index is 11.4. The van der Waals surface area contributed by atoms with Crippen LogP contribution in [0.25, 0.3) is 0 Å². The van der Waals surface area contributed by atoms with E-state index in [9.17, 15) is 4.79 Å². The van der Waals surface area contributed by atoms with E-state index in [1.165, 1.54) is 6.33 Å². The van der Waals surface area contributed by atoms with Gasteiger partial charge in [0.25, 0.3) is 0 Å². The standard InChI is InChI=1S/C12H12N4O2/c17-12-15-10-9(13-7-14-10)11(16-12)18-6-8-4-2-1-3-5-8/h1-5,7,11H,6H2,(H,13,14)(H2,15,16,17). The zero-order valence-corrected chi connectivity index (χ0v) is 9.51. The van der Waals surface area contributed by atoms with E-state index in [4.69, 9.17) is 4.74 Å². The molecular formula is C12H12N4O2. The molecule has 1 atom stereocenters. The summed E-state index contributed by atoms with van der Waals surface area (Å²) in [5.74, 6) is 0.511. The van der Waals surface area contributed by atoms with E-state index in [2.05, 4.69) is 20.6 Å². The van der Waals surface area contributed by atoms with Gasteiger partial charge in [0.15, 0.2) is 12.0 Å². The predicted molar refractivity (Wildman–Crippen MR) is 64.7 cm³/mol. The van der Waals surface area contributed by atoms with Crippen molar-refractivity contribution in [3.8, 4) is 0 Å². The molecule has 2 aromatic rings. The first kappa shape index (κ1) is 10.8. The number of carbonyl (C=O) groups excluding carboxylic acids is 1. The summed E-state index contributed by atoms with van der Waals surface area (Å²) in [6, 6.07) is 9.46. The lowest BCUT2D eigenvalue weighted by Gasteiger charge is -2.23. The van der Waals surface area contributed by atoms with Crippen LogP contribution in [0.5, 0.6) is 0 Å². The Morgan fingerprint density at radius 2 is 2.11 bits per heavy atom. The quantitative estimate of drug-likeness (QED) is 0.769. The highest BCUT2D eigenvalue weighted by molar-refractivity contribution is 5.91. The molecule has 6 nitrogen and oxygen atoms in total. The summed E-state index contributed by atoms with van der Waals surface area (Å²) in [4.78, 5) is 18.3. The molecule has 2 heterocycles. The average Bonchev–Trinajstić information content (AvgIpc) is 2.85. The normalized spacial score (nSPS) is 17.8. The molecule has 0 spiro atoms. The van der Waals surface area contributed by atoms with Crippen LogP contribution in [0.3, 0.4) is 0 Å². The molecule has 0 radical (unpaired) electrons. The number of nitrogens with zero attached hydrogens (tertiary/aromatic N) is 1. The Hall–Kier alpha value is -2.34. The molecule has 1 aromatic heterocycles. The number of hydrogen-bond acceptors (Lipinski definition) is 3.